The predicted molar refractivity (Wildman–Crippen MR) is 135 cm³/mol. The molecule has 2 aromatic heterocycles. The molecule has 0 radical (unpaired) electrons. The van der Waals surface area contributed by atoms with E-state index >= 15 is 0 Å². The van der Waals surface area contributed by atoms with Crippen LogP contribution in [-0.4, -0.2) is 39.7 Å². The van der Waals surface area contributed by atoms with Crippen molar-refractivity contribution in [1.29, 1.82) is 0 Å². The molecule has 5 rings (SSSR count). The van der Waals surface area contributed by atoms with Gasteiger partial charge in [-0.3, -0.25) is 4.98 Å². The van der Waals surface area contributed by atoms with Crippen LogP contribution in [0.15, 0.2) is 85.2 Å². The zero-order valence-electron chi connectivity index (χ0n) is 19.9. The van der Waals surface area contributed by atoms with Crippen molar-refractivity contribution in [3.8, 4) is 28.5 Å². The first kappa shape index (κ1) is 23.0. The van der Waals surface area contributed by atoms with Gasteiger partial charge >= 0.3 is 5.97 Å². The number of esters is 1. The highest BCUT2D eigenvalue weighted by Gasteiger charge is 2.23. The second-order valence-corrected chi connectivity index (χ2v) is 8.03. The van der Waals surface area contributed by atoms with Crippen LogP contribution in [0.4, 0.5) is 0 Å². The number of carbonyl (C=O) groups is 1. The molecule has 0 N–H and O–H groups in total. The highest BCUT2D eigenvalue weighted by molar-refractivity contribution is 5.89. The largest absolute Gasteiger partial charge is 0.497 e. The smallest absolute Gasteiger partial charge is 0.364 e. The lowest BCUT2D eigenvalue weighted by atomic mass is 10.0. The first-order valence-electron chi connectivity index (χ1n) is 11.5. The maximum atomic E-state index is 12.5. The summed E-state index contributed by atoms with van der Waals surface area (Å²) in [4.78, 5) is 16.7. The number of benzene rings is 3. The lowest BCUT2D eigenvalue weighted by Gasteiger charge is -2.11. The summed E-state index contributed by atoms with van der Waals surface area (Å²) in [5, 5.41) is 10.4. The van der Waals surface area contributed by atoms with Crippen LogP contribution in [0, 0.1) is 0 Å². The first-order chi connectivity index (χ1) is 17.6. The van der Waals surface area contributed by atoms with E-state index in [1.807, 2.05) is 60.8 Å². The lowest BCUT2D eigenvalue weighted by Crippen LogP contribution is -2.09. The molecule has 8 heteroatoms. The van der Waals surface area contributed by atoms with Crippen LogP contribution in [-0.2, 0) is 11.3 Å². The van der Waals surface area contributed by atoms with E-state index in [2.05, 4.69) is 33.5 Å². The molecule has 0 fully saturated rings. The molecule has 0 unspecified atom stereocenters. The number of ether oxygens (including phenoxy) is 3. The Bertz CT molecular complexity index is 1490. The van der Waals surface area contributed by atoms with Gasteiger partial charge in [-0.1, -0.05) is 41.6 Å². The van der Waals surface area contributed by atoms with Crippen molar-refractivity contribution < 1.29 is 19.0 Å². The normalized spacial score (nSPS) is 10.8. The van der Waals surface area contributed by atoms with E-state index < -0.39 is 5.97 Å². The number of hydrogen-bond acceptors (Lipinski definition) is 7. The fourth-order valence-corrected chi connectivity index (χ4v) is 3.83. The Kier molecular flexibility index (Phi) is 6.57. The third kappa shape index (κ3) is 4.88. The number of nitrogens with zero attached hydrogens (tertiary/aromatic N) is 4. The van der Waals surface area contributed by atoms with Crippen molar-refractivity contribution in [3.05, 3.63) is 96.4 Å². The fraction of sp³-hybridized carbons (Fsp3) is 0.143. The molecule has 0 aliphatic carbocycles. The maximum Gasteiger partial charge on any atom is 0.364 e. The third-order valence-corrected chi connectivity index (χ3v) is 5.69. The van der Waals surface area contributed by atoms with E-state index in [9.17, 15) is 4.79 Å². The molecule has 2 heterocycles. The number of hydrogen-bond donors (Lipinski definition) is 0. The van der Waals surface area contributed by atoms with Gasteiger partial charge in [0.05, 0.1) is 20.3 Å². The summed E-state index contributed by atoms with van der Waals surface area (Å²) in [6.07, 6.45) is 3.63. The van der Waals surface area contributed by atoms with E-state index in [1.165, 1.54) is 0 Å². The third-order valence-electron chi connectivity index (χ3n) is 5.69. The topological polar surface area (TPSA) is 88.4 Å². The summed E-state index contributed by atoms with van der Waals surface area (Å²) in [5.74, 6) is 0.933. The summed E-state index contributed by atoms with van der Waals surface area (Å²) in [7, 11) is 1.62. The van der Waals surface area contributed by atoms with Crippen LogP contribution in [0.25, 0.3) is 21.9 Å². The molecular weight excluding hydrogens is 456 g/mol. The molecule has 0 bridgehead atoms. The van der Waals surface area contributed by atoms with Gasteiger partial charge in [-0.25, -0.2) is 9.48 Å². The Balaban J connectivity index is 1.42. The molecule has 5 aromatic rings. The SMILES string of the molecule is CCOC(=O)c1nnn(Cc2ccc(OC)cc2)c1Oc1ccc(-c2ccc3cnccc3c2)cc1. The van der Waals surface area contributed by atoms with Gasteiger partial charge in [0.1, 0.15) is 11.5 Å². The van der Waals surface area contributed by atoms with Gasteiger partial charge in [-0.2, -0.15) is 0 Å². The summed E-state index contributed by atoms with van der Waals surface area (Å²) in [6.45, 7) is 2.32. The second-order valence-electron chi connectivity index (χ2n) is 8.03. The Morgan fingerprint density at radius 2 is 1.64 bits per heavy atom. The number of pyridine rings is 1. The average Bonchev–Trinajstić information content (AvgIpc) is 3.31. The lowest BCUT2D eigenvalue weighted by molar-refractivity contribution is 0.0516. The molecule has 8 nitrogen and oxygen atoms in total. The zero-order chi connectivity index (χ0) is 24.9. The minimum Gasteiger partial charge on any atom is -0.497 e. The van der Waals surface area contributed by atoms with Crippen LogP contribution < -0.4 is 9.47 Å². The van der Waals surface area contributed by atoms with Gasteiger partial charge in [-0.15, -0.1) is 5.10 Å². The molecule has 0 saturated heterocycles. The van der Waals surface area contributed by atoms with Crippen LogP contribution in [0.1, 0.15) is 23.0 Å². The molecular formula is C28H24N4O4. The van der Waals surface area contributed by atoms with E-state index in [1.54, 1.807) is 24.9 Å². The Labute approximate surface area is 208 Å². The van der Waals surface area contributed by atoms with E-state index in [4.69, 9.17) is 14.2 Å². The highest BCUT2D eigenvalue weighted by Crippen LogP contribution is 2.29. The molecule has 0 saturated carbocycles. The van der Waals surface area contributed by atoms with Crippen LogP contribution >= 0.6 is 0 Å². The molecule has 0 aliphatic heterocycles. The number of carbonyl (C=O) groups excluding carboxylic acids is 1. The van der Waals surface area contributed by atoms with Gasteiger partial charge < -0.3 is 14.2 Å². The maximum absolute atomic E-state index is 12.5. The number of aromatic nitrogens is 4. The van der Waals surface area contributed by atoms with Crippen molar-refractivity contribution in [2.24, 2.45) is 0 Å². The van der Waals surface area contributed by atoms with Crippen LogP contribution in [0.3, 0.4) is 0 Å². The van der Waals surface area contributed by atoms with E-state index in [0.717, 1.165) is 33.2 Å². The van der Waals surface area contributed by atoms with Crippen molar-refractivity contribution in [2.45, 2.75) is 13.5 Å². The summed E-state index contributed by atoms with van der Waals surface area (Å²) < 4.78 is 18.1. The Morgan fingerprint density at radius 1 is 0.889 bits per heavy atom. The molecule has 0 spiro atoms. The number of rotatable bonds is 8. The summed E-state index contributed by atoms with van der Waals surface area (Å²) in [5.41, 5.74) is 3.09. The molecule has 0 aliphatic rings. The standard InChI is InChI=1S/C28H24N4O4/c1-3-35-28(33)26-27(32(31-30-26)18-19-4-10-24(34-2)11-5-19)36-25-12-8-20(9-13-25)21-6-7-23-17-29-15-14-22(23)16-21/h4-17H,3,18H2,1-2H3. The van der Waals surface area contributed by atoms with E-state index in [-0.39, 0.29) is 18.2 Å². The summed E-state index contributed by atoms with van der Waals surface area (Å²) >= 11 is 0. The van der Waals surface area contributed by atoms with Gasteiger partial charge in [0.25, 0.3) is 5.88 Å². The van der Waals surface area contributed by atoms with Crippen LogP contribution in [0.5, 0.6) is 17.4 Å². The average molecular weight is 481 g/mol. The van der Waals surface area contributed by atoms with Crippen molar-refractivity contribution in [1.82, 2.24) is 20.0 Å². The van der Waals surface area contributed by atoms with Crippen molar-refractivity contribution in [3.63, 3.8) is 0 Å². The minimum atomic E-state index is -0.587. The van der Waals surface area contributed by atoms with Gasteiger partial charge in [-0.05, 0) is 65.4 Å². The van der Waals surface area contributed by atoms with Gasteiger partial charge in [0.2, 0.25) is 5.69 Å². The molecule has 180 valence electrons. The van der Waals surface area contributed by atoms with Crippen LogP contribution in [0.2, 0.25) is 0 Å². The Hall–Kier alpha value is -4.72. The molecule has 36 heavy (non-hydrogen) atoms. The summed E-state index contributed by atoms with van der Waals surface area (Å²) in [6, 6.07) is 23.4. The van der Waals surface area contributed by atoms with Crippen molar-refractivity contribution >= 4 is 16.7 Å². The van der Waals surface area contributed by atoms with Gasteiger partial charge in [0, 0.05) is 17.8 Å². The van der Waals surface area contributed by atoms with Gasteiger partial charge in [0.15, 0.2) is 0 Å². The first-order valence-corrected chi connectivity index (χ1v) is 11.5. The number of methoxy groups -OCH3 is 1. The zero-order valence-corrected chi connectivity index (χ0v) is 19.9. The fourth-order valence-electron chi connectivity index (χ4n) is 3.83. The second kappa shape index (κ2) is 10.3. The van der Waals surface area contributed by atoms with Crippen molar-refractivity contribution in [2.75, 3.05) is 13.7 Å². The van der Waals surface area contributed by atoms with E-state index in [0.29, 0.717) is 12.3 Å². The molecule has 0 amide bonds. The number of fused-ring (bicyclic) bond motifs is 1. The predicted octanol–water partition coefficient (Wildman–Crippen LogP) is 5.52. The Morgan fingerprint density at radius 3 is 2.39 bits per heavy atom. The molecule has 0 atom stereocenters. The quantitative estimate of drug-likeness (QED) is 0.270. The minimum absolute atomic E-state index is 0.0255. The molecule has 3 aromatic carbocycles. The monoisotopic (exact) mass is 480 g/mol. The highest BCUT2D eigenvalue weighted by atomic mass is 16.5.